The summed E-state index contributed by atoms with van der Waals surface area (Å²) in [5.74, 6) is -1.27. The molecule has 1 saturated carbocycles. The Morgan fingerprint density at radius 3 is 2.48 bits per heavy atom. The van der Waals surface area contributed by atoms with Crippen LogP contribution in [-0.2, 0) is 14.3 Å². The Bertz CT molecular complexity index is 638. The predicted molar refractivity (Wildman–Crippen MR) is 94.1 cm³/mol. The topological polar surface area (TPSA) is 84.5 Å². The Morgan fingerprint density at radius 2 is 1.84 bits per heavy atom. The van der Waals surface area contributed by atoms with Crippen molar-refractivity contribution in [3.63, 3.8) is 0 Å². The maximum absolute atomic E-state index is 12.2. The molecular weight excluding hydrogens is 320 g/mol. The summed E-state index contributed by atoms with van der Waals surface area (Å²) in [7, 11) is 0. The Kier molecular flexibility index (Phi) is 6.56. The molecule has 1 aliphatic rings. The largest absolute Gasteiger partial charge is 0.451 e. The molecule has 1 aliphatic carbocycles. The van der Waals surface area contributed by atoms with Crippen LogP contribution in [0.2, 0.25) is 0 Å². The normalized spacial score (nSPS) is 16.8. The lowest BCUT2D eigenvalue weighted by atomic mass is 10.1. The maximum atomic E-state index is 12.2. The van der Waals surface area contributed by atoms with Crippen LogP contribution in [0.1, 0.15) is 55.5 Å². The fourth-order valence-corrected chi connectivity index (χ4v) is 2.84. The van der Waals surface area contributed by atoms with Gasteiger partial charge in [0.2, 0.25) is 0 Å². The molecule has 0 aliphatic heterocycles. The number of benzene rings is 1. The molecule has 2 N–H and O–H groups in total. The molecule has 0 heterocycles. The number of carbonyl (C=O) groups excluding carboxylic acids is 3. The van der Waals surface area contributed by atoms with Gasteiger partial charge in [-0.3, -0.25) is 9.59 Å². The van der Waals surface area contributed by atoms with Crippen LogP contribution in [0.4, 0.5) is 0 Å². The molecule has 6 nitrogen and oxygen atoms in total. The number of esters is 1. The van der Waals surface area contributed by atoms with Crippen LogP contribution >= 0.6 is 0 Å². The van der Waals surface area contributed by atoms with E-state index in [9.17, 15) is 14.4 Å². The average molecular weight is 346 g/mol. The van der Waals surface area contributed by atoms with E-state index in [-0.39, 0.29) is 17.9 Å². The Morgan fingerprint density at radius 1 is 1.16 bits per heavy atom. The first-order valence-electron chi connectivity index (χ1n) is 8.75. The lowest BCUT2D eigenvalue weighted by Crippen LogP contribution is -2.45. The van der Waals surface area contributed by atoms with E-state index in [2.05, 4.69) is 10.6 Å². The summed E-state index contributed by atoms with van der Waals surface area (Å²) in [5.41, 5.74) is 1.44. The minimum absolute atomic E-state index is 0.173. The summed E-state index contributed by atoms with van der Waals surface area (Å²) in [6.45, 7) is 4.97. The zero-order valence-electron chi connectivity index (χ0n) is 15.0. The summed E-state index contributed by atoms with van der Waals surface area (Å²) in [6.07, 6.45) is 3.28. The van der Waals surface area contributed by atoms with Crippen molar-refractivity contribution >= 4 is 17.8 Å². The number of hydrogen-bond donors (Lipinski definition) is 2. The summed E-state index contributed by atoms with van der Waals surface area (Å²) in [5, 5.41) is 5.49. The third kappa shape index (κ3) is 5.59. The SMILES string of the molecule is Cc1cccc(C(=O)NC(C)C(=O)OC(C)C(=O)NC2CCCC2)c1. The Balaban J connectivity index is 1.82. The van der Waals surface area contributed by atoms with Crippen molar-refractivity contribution in [1.82, 2.24) is 10.6 Å². The van der Waals surface area contributed by atoms with Gasteiger partial charge >= 0.3 is 5.97 Å². The van der Waals surface area contributed by atoms with E-state index >= 15 is 0 Å². The minimum Gasteiger partial charge on any atom is -0.451 e. The van der Waals surface area contributed by atoms with Crippen molar-refractivity contribution < 1.29 is 19.1 Å². The Labute approximate surface area is 148 Å². The van der Waals surface area contributed by atoms with Crippen LogP contribution in [0.5, 0.6) is 0 Å². The molecule has 0 bridgehead atoms. The van der Waals surface area contributed by atoms with Crippen LogP contribution in [0.15, 0.2) is 24.3 Å². The number of aryl methyl sites for hydroxylation is 1. The number of ether oxygens (including phenoxy) is 1. The second-order valence-electron chi connectivity index (χ2n) is 6.63. The second-order valence-corrected chi connectivity index (χ2v) is 6.63. The summed E-state index contributed by atoms with van der Waals surface area (Å²) >= 11 is 0. The van der Waals surface area contributed by atoms with Crippen LogP contribution in [-0.4, -0.2) is 36.0 Å². The molecule has 1 aromatic rings. The molecule has 2 unspecified atom stereocenters. The zero-order chi connectivity index (χ0) is 18.4. The maximum Gasteiger partial charge on any atom is 0.329 e. The van der Waals surface area contributed by atoms with Crippen LogP contribution in [0, 0.1) is 6.92 Å². The van der Waals surface area contributed by atoms with Gasteiger partial charge in [-0.05, 0) is 45.7 Å². The first kappa shape index (κ1) is 19.0. The number of carbonyl (C=O) groups is 3. The van der Waals surface area contributed by atoms with E-state index in [4.69, 9.17) is 4.74 Å². The fourth-order valence-electron chi connectivity index (χ4n) is 2.84. The molecule has 1 aromatic carbocycles. The second kappa shape index (κ2) is 8.65. The smallest absolute Gasteiger partial charge is 0.329 e. The Hall–Kier alpha value is -2.37. The molecular formula is C19H26N2O4. The number of amides is 2. The van der Waals surface area contributed by atoms with Gasteiger partial charge in [0.25, 0.3) is 11.8 Å². The van der Waals surface area contributed by atoms with Gasteiger partial charge in [-0.1, -0.05) is 30.5 Å². The van der Waals surface area contributed by atoms with Gasteiger partial charge in [0, 0.05) is 11.6 Å². The molecule has 0 radical (unpaired) electrons. The lowest BCUT2D eigenvalue weighted by molar-refractivity contribution is -0.156. The van der Waals surface area contributed by atoms with Crippen molar-refractivity contribution in [1.29, 1.82) is 0 Å². The monoisotopic (exact) mass is 346 g/mol. The van der Waals surface area contributed by atoms with E-state index in [1.54, 1.807) is 18.2 Å². The minimum atomic E-state index is -0.883. The quantitative estimate of drug-likeness (QED) is 0.773. The molecule has 0 saturated heterocycles. The van der Waals surface area contributed by atoms with Crippen LogP contribution in [0.3, 0.4) is 0 Å². The molecule has 2 amide bonds. The van der Waals surface area contributed by atoms with Crippen LogP contribution < -0.4 is 10.6 Å². The molecule has 1 fully saturated rings. The summed E-state index contributed by atoms with van der Waals surface area (Å²) < 4.78 is 5.18. The molecule has 0 spiro atoms. The highest BCUT2D eigenvalue weighted by Gasteiger charge is 2.25. The van der Waals surface area contributed by atoms with E-state index in [0.29, 0.717) is 5.56 Å². The fraction of sp³-hybridized carbons (Fsp3) is 0.526. The first-order chi connectivity index (χ1) is 11.9. The molecule has 6 heteroatoms. The van der Waals surface area contributed by atoms with Crippen molar-refractivity contribution in [3.8, 4) is 0 Å². The van der Waals surface area contributed by atoms with Crippen molar-refractivity contribution in [2.45, 2.75) is 64.6 Å². The van der Waals surface area contributed by atoms with Gasteiger partial charge in [0.05, 0.1) is 0 Å². The molecule has 25 heavy (non-hydrogen) atoms. The first-order valence-corrected chi connectivity index (χ1v) is 8.75. The highest BCUT2D eigenvalue weighted by atomic mass is 16.5. The number of hydrogen-bond acceptors (Lipinski definition) is 4. The number of rotatable bonds is 6. The highest BCUT2D eigenvalue weighted by molar-refractivity contribution is 5.97. The highest BCUT2D eigenvalue weighted by Crippen LogP contribution is 2.17. The molecule has 0 aromatic heterocycles. The zero-order valence-corrected chi connectivity index (χ0v) is 15.0. The van der Waals surface area contributed by atoms with Crippen molar-refractivity contribution in [2.75, 3.05) is 0 Å². The van der Waals surface area contributed by atoms with E-state index < -0.39 is 18.1 Å². The number of nitrogens with one attached hydrogen (secondary N) is 2. The van der Waals surface area contributed by atoms with Gasteiger partial charge in [0.15, 0.2) is 6.10 Å². The van der Waals surface area contributed by atoms with Gasteiger partial charge in [-0.25, -0.2) is 4.79 Å². The van der Waals surface area contributed by atoms with Gasteiger partial charge in [-0.15, -0.1) is 0 Å². The van der Waals surface area contributed by atoms with Gasteiger partial charge in [-0.2, -0.15) is 0 Å². The lowest BCUT2D eigenvalue weighted by Gasteiger charge is -2.19. The molecule has 2 atom stereocenters. The summed E-state index contributed by atoms with van der Waals surface area (Å²) in [4.78, 5) is 36.3. The van der Waals surface area contributed by atoms with E-state index in [0.717, 1.165) is 31.2 Å². The van der Waals surface area contributed by atoms with Gasteiger partial charge in [0.1, 0.15) is 6.04 Å². The molecule has 2 rings (SSSR count). The third-order valence-electron chi connectivity index (χ3n) is 4.35. The van der Waals surface area contributed by atoms with Crippen molar-refractivity contribution in [3.05, 3.63) is 35.4 Å². The summed E-state index contributed by atoms with van der Waals surface area (Å²) in [6, 6.07) is 6.42. The van der Waals surface area contributed by atoms with Crippen molar-refractivity contribution in [2.24, 2.45) is 0 Å². The van der Waals surface area contributed by atoms with Crippen LogP contribution in [0.25, 0.3) is 0 Å². The third-order valence-corrected chi connectivity index (χ3v) is 4.35. The average Bonchev–Trinajstić information content (AvgIpc) is 3.07. The van der Waals surface area contributed by atoms with E-state index in [1.165, 1.54) is 13.8 Å². The van der Waals surface area contributed by atoms with E-state index in [1.807, 2.05) is 13.0 Å². The molecule has 136 valence electrons. The van der Waals surface area contributed by atoms with Gasteiger partial charge < -0.3 is 15.4 Å². The standard InChI is InChI=1S/C19H26N2O4/c1-12-7-6-8-15(11-12)18(23)20-13(2)19(24)25-14(3)17(22)21-16-9-4-5-10-16/h6-8,11,13-14,16H,4-5,9-10H2,1-3H3,(H,20,23)(H,21,22). The predicted octanol–water partition coefficient (Wildman–Crippen LogP) is 2.10.